The molecule has 3 aromatic heterocycles. The van der Waals surface area contributed by atoms with Crippen LogP contribution in [0.5, 0.6) is 0 Å². The number of aliphatic hydroxyl groups is 1. The third kappa shape index (κ3) is 5.67. The summed E-state index contributed by atoms with van der Waals surface area (Å²) >= 11 is 14.8. The monoisotopic (exact) mass is 642 g/mol. The summed E-state index contributed by atoms with van der Waals surface area (Å²) in [5, 5.41) is 11.3. The van der Waals surface area contributed by atoms with Crippen molar-refractivity contribution in [2.24, 2.45) is 0 Å². The summed E-state index contributed by atoms with van der Waals surface area (Å²) in [4.78, 5) is 33.1. The average molecular weight is 644 g/mol. The van der Waals surface area contributed by atoms with Crippen LogP contribution in [0.15, 0.2) is 58.9 Å². The van der Waals surface area contributed by atoms with Crippen LogP contribution in [-0.2, 0) is 0 Å². The molecule has 3 atom stereocenters. The summed E-state index contributed by atoms with van der Waals surface area (Å²) in [5.41, 5.74) is 1.13. The van der Waals surface area contributed by atoms with Crippen molar-refractivity contribution < 1.29 is 9.50 Å². The van der Waals surface area contributed by atoms with Crippen LogP contribution in [0.25, 0.3) is 28.0 Å². The molecule has 5 rings (SSSR count). The predicted molar refractivity (Wildman–Crippen MR) is 173 cm³/mol. The Morgan fingerprint density at radius 1 is 1.14 bits per heavy atom. The van der Waals surface area contributed by atoms with E-state index in [0.29, 0.717) is 35.7 Å². The number of pyridine rings is 2. The number of anilines is 1. The minimum Gasteiger partial charge on any atom is -0.375 e. The number of nitrogens with zero attached hydrogens (tertiary/aromatic N) is 6. The molecule has 4 aromatic rings. The van der Waals surface area contributed by atoms with Crippen LogP contribution in [-0.4, -0.2) is 67.2 Å². The van der Waals surface area contributed by atoms with Gasteiger partial charge >= 0.3 is 5.69 Å². The SMILES string of the molecule is C=CC(O)N1C[C@H](C)N(c2nc(=O)n(-c3c(SC)ccnc3C(C)C)c3nc(-c4c(F)cccc4Cl)c(Cl)cc23)C[C@H]1C. The molecule has 1 aliphatic heterocycles. The highest BCUT2D eigenvalue weighted by Gasteiger charge is 2.34. The molecule has 12 heteroatoms. The molecule has 1 unspecified atom stereocenters. The van der Waals surface area contributed by atoms with Gasteiger partial charge < -0.3 is 10.0 Å². The first-order valence-electron chi connectivity index (χ1n) is 13.9. The Kier molecular flexibility index (Phi) is 9.15. The zero-order chi connectivity index (χ0) is 31.2. The van der Waals surface area contributed by atoms with Crippen molar-refractivity contribution in [1.82, 2.24) is 24.4 Å². The number of piperazine rings is 1. The van der Waals surface area contributed by atoms with Crippen molar-refractivity contribution in [2.75, 3.05) is 24.2 Å². The summed E-state index contributed by atoms with van der Waals surface area (Å²) in [6, 6.07) is 7.66. The second kappa shape index (κ2) is 12.5. The number of rotatable bonds is 7. The lowest BCUT2D eigenvalue weighted by Crippen LogP contribution is -2.59. The van der Waals surface area contributed by atoms with Gasteiger partial charge in [0.15, 0.2) is 5.65 Å². The Morgan fingerprint density at radius 3 is 2.53 bits per heavy atom. The number of hydrogen-bond acceptors (Lipinski definition) is 8. The molecule has 4 heterocycles. The lowest BCUT2D eigenvalue weighted by Gasteiger charge is -2.46. The quantitative estimate of drug-likeness (QED) is 0.180. The molecule has 0 radical (unpaired) electrons. The van der Waals surface area contributed by atoms with Crippen LogP contribution in [0.4, 0.5) is 10.2 Å². The molecule has 8 nitrogen and oxygen atoms in total. The molecule has 1 N–H and O–H groups in total. The average Bonchev–Trinajstić information content (AvgIpc) is 2.97. The second-order valence-corrected chi connectivity index (χ2v) is 12.6. The lowest BCUT2D eigenvalue weighted by molar-refractivity contribution is 0.0000492. The van der Waals surface area contributed by atoms with E-state index < -0.39 is 17.7 Å². The largest absolute Gasteiger partial charge is 0.375 e. The molecule has 1 aliphatic rings. The van der Waals surface area contributed by atoms with E-state index in [9.17, 15) is 9.90 Å². The highest BCUT2D eigenvalue weighted by molar-refractivity contribution is 7.98. The molecular formula is C31H33Cl2FN6O2S. The number of halogens is 3. The fourth-order valence-corrected chi connectivity index (χ4v) is 6.73. The van der Waals surface area contributed by atoms with Crippen molar-refractivity contribution in [1.29, 1.82) is 0 Å². The molecule has 0 saturated carbocycles. The van der Waals surface area contributed by atoms with E-state index in [1.54, 1.807) is 18.3 Å². The fourth-order valence-electron chi connectivity index (χ4n) is 5.64. The van der Waals surface area contributed by atoms with Crippen molar-refractivity contribution in [2.45, 2.75) is 56.8 Å². The molecule has 0 spiro atoms. The summed E-state index contributed by atoms with van der Waals surface area (Å²) in [5.74, 6) is -0.204. The zero-order valence-corrected chi connectivity index (χ0v) is 26.9. The van der Waals surface area contributed by atoms with Gasteiger partial charge in [0.2, 0.25) is 0 Å². The first-order chi connectivity index (χ1) is 20.5. The third-order valence-electron chi connectivity index (χ3n) is 7.76. The number of aliphatic hydroxyl groups excluding tert-OH is 1. The Balaban J connectivity index is 1.85. The van der Waals surface area contributed by atoms with E-state index in [1.165, 1.54) is 34.5 Å². The minimum atomic E-state index is -0.800. The maximum atomic E-state index is 15.2. The van der Waals surface area contributed by atoms with Gasteiger partial charge in [0.05, 0.1) is 38.1 Å². The molecule has 0 amide bonds. The highest BCUT2D eigenvalue weighted by Crippen LogP contribution is 2.39. The molecule has 0 bridgehead atoms. The standard InChI is InChI=1S/C31H33Cl2FN6O2S/c1-7-24(41)38-14-18(5)39(15-17(38)4)29-19-13-21(33)27(25-20(32)9-8-10-22(25)34)36-30(19)40(31(42)37-29)28-23(43-6)11-12-35-26(28)16(2)3/h7-13,16-18,24,41H,1,14-15H2,2-6H3/t17-,18+,24?/m1/s1. The summed E-state index contributed by atoms with van der Waals surface area (Å²) in [7, 11) is 0. The zero-order valence-electron chi connectivity index (χ0n) is 24.6. The maximum absolute atomic E-state index is 15.2. The number of hydrogen-bond donors (Lipinski definition) is 1. The summed E-state index contributed by atoms with van der Waals surface area (Å²) in [6.07, 6.45) is 4.34. The van der Waals surface area contributed by atoms with E-state index >= 15 is 4.39 Å². The molecule has 1 fully saturated rings. The molecule has 0 aliphatic carbocycles. The summed E-state index contributed by atoms with van der Waals surface area (Å²) in [6.45, 7) is 12.7. The van der Waals surface area contributed by atoms with Crippen LogP contribution in [0.3, 0.4) is 0 Å². The van der Waals surface area contributed by atoms with E-state index in [1.807, 2.05) is 49.8 Å². The van der Waals surface area contributed by atoms with E-state index in [0.717, 1.165) is 4.90 Å². The molecule has 226 valence electrons. The Bertz CT molecular complexity index is 1750. The highest BCUT2D eigenvalue weighted by atomic mass is 35.5. The molecule has 1 aromatic carbocycles. The van der Waals surface area contributed by atoms with Gasteiger partial charge in [-0.15, -0.1) is 11.8 Å². The van der Waals surface area contributed by atoms with Crippen LogP contribution in [0.2, 0.25) is 10.0 Å². The number of benzene rings is 1. The molecular weight excluding hydrogens is 610 g/mol. The van der Waals surface area contributed by atoms with Crippen LogP contribution < -0.4 is 10.6 Å². The van der Waals surface area contributed by atoms with E-state index in [2.05, 4.69) is 16.5 Å². The Labute approximate surface area is 264 Å². The number of thioether (sulfide) groups is 1. The normalized spacial score (nSPS) is 18.4. The molecule has 43 heavy (non-hydrogen) atoms. The number of fused-ring (bicyclic) bond motifs is 1. The Morgan fingerprint density at radius 2 is 1.88 bits per heavy atom. The van der Waals surface area contributed by atoms with Crippen LogP contribution >= 0.6 is 35.0 Å². The van der Waals surface area contributed by atoms with Gasteiger partial charge in [-0.2, -0.15) is 4.98 Å². The molecule has 1 saturated heterocycles. The minimum absolute atomic E-state index is 0.0262. The summed E-state index contributed by atoms with van der Waals surface area (Å²) < 4.78 is 16.6. The van der Waals surface area contributed by atoms with Gasteiger partial charge in [-0.3, -0.25) is 9.88 Å². The van der Waals surface area contributed by atoms with Crippen molar-refractivity contribution in [3.05, 3.63) is 81.2 Å². The van der Waals surface area contributed by atoms with Gasteiger partial charge in [-0.05, 0) is 56.4 Å². The smallest absolute Gasteiger partial charge is 0.355 e. The van der Waals surface area contributed by atoms with Crippen LogP contribution in [0, 0.1) is 5.82 Å². The van der Waals surface area contributed by atoms with Gasteiger partial charge in [-0.25, -0.2) is 18.7 Å². The van der Waals surface area contributed by atoms with Crippen molar-refractivity contribution in [3.8, 4) is 16.9 Å². The van der Waals surface area contributed by atoms with Gasteiger partial charge in [0, 0.05) is 36.3 Å². The lowest BCUT2D eigenvalue weighted by atomic mass is 10.1. The predicted octanol–water partition coefficient (Wildman–Crippen LogP) is 6.54. The second-order valence-electron chi connectivity index (χ2n) is 10.9. The first-order valence-corrected chi connectivity index (χ1v) is 15.9. The van der Waals surface area contributed by atoms with E-state index in [4.69, 9.17) is 28.2 Å². The van der Waals surface area contributed by atoms with Crippen LogP contribution in [0.1, 0.15) is 39.3 Å². The van der Waals surface area contributed by atoms with Crippen molar-refractivity contribution >= 4 is 51.8 Å². The Hall–Kier alpha value is -3.02. The van der Waals surface area contributed by atoms with Crippen molar-refractivity contribution in [3.63, 3.8) is 0 Å². The fraction of sp³-hybridized carbons (Fsp3) is 0.355. The third-order valence-corrected chi connectivity index (χ3v) is 9.14. The first kappa shape index (κ1) is 31.4. The van der Waals surface area contributed by atoms with Gasteiger partial charge in [-0.1, -0.05) is 49.7 Å². The van der Waals surface area contributed by atoms with E-state index in [-0.39, 0.29) is 45.0 Å². The topological polar surface area (TPSA) is 87.4 Å². The number of aromatic nitrogens is 4. The maximum Gasteiger partial charge on any atom is 0.355 e. The van der Waals surface area contributed by atoms with Gasteiger partial charge in [0.1, 0.15) is 17.9 Å². The van der Waals surface area contributed by atoms with Gasteiger partial charge in [0.25, 0.3) is 0 Å².